The summed E-state index contributed by atoms with van der Waals surface area (Å²) in [5, 5.41) is 3.46. The molecule has 0 fully saturated rings. The van der Waals surface area contributed by atoms with E-state index in [4.69, 9.17) is 0 Å². The molecule has 1 N–H and O–H groups in total. The Morgan fingerprint density at radius 3 is 2.95 bits per heavy atom. The van der Waals surface area contributed by atoms with E-state index in [0.29, 0.717) is 5.92 Å². The van der Waals surface area contributed by atoms with Crippen molar-refractivity contribution in [2.75, 3.05) is 6.54 Å². The maximum atomic E-state index is 4.25. The fourth-order valence-electron chi connectivity index (χ4n) is 1.90. The highest BCUT2D eigenvalue weighted by molar-refractivity contribution is 9.11. The normalized spacial score (nSPS) is 11.4. The molecule has 0 bridgehead atoms. The monoisotopic (exact) mass is 341 g/mol. The molecule has 2 aromatic rings. The first-order valence-electron chi connectivity index (χ1n) is 6.59. The third-order valence-corrected chi connectivity index (χ3v) is 4.57. The molecule has 0 atom stereocenters. The molecule has 19 heavy (non-hydrogen) atoms. The van der Waals surface area contributed by atoms with Crippen LogP contribution in [-0.4, -0.2) is 16.1 Å². The lowest BCUT2D eigenvalue weighted by Gasteiger charge is -2.10. The largest absolute Gasteiger partial charge is 0.333 e. The summed E-state index contributed by atoms with van der Waals surface area (Å²) in [6, 6.07) is 4.29. The Hall–Kier alpha value is -0.650. The van der Waals surface area contributed by atoms with Crippen LogP contribution in [-0.2, 0) is 19.5 Å². The third-order valence-electron chi connectivity index (χ3n) is 2.89. The van der Waals surface area contributed by atoms with Gasteiger partial charge in [-0.25, -0.2) is 4.98 Å². The summed E-state index contributed by atoms with van der Waals surface area (Å²) in [7, 11) is 0. The van der Waals surface area contributed by atoms with Gasteiger partial charge >= 0.3 is 0 Å². The quantitative estimate of drug-likeness (QED) is 0.832. The van der Waals surface area contributed by atoms with E-state index in [1.807, 2.05) is 12.5 Å². The predicted octanol–water partition coefficient (Wildman–Crippen LogP) is 3.70. The molecule has 2 aromatic heterocycles. The van der Waals surface area contributed by atoms with Crippen molar-refractivity contribution >= 4 is 27.3 Å². The maximum absolute atomic E-state index is 4.25. The van der Waals surface area contributed by atoms with Crippen LogP contribution in [0.15, 0.2) is 28.4 Å². The standard InChI is InChI=1S/C14H20BrN3S/c1-11(2)7-16-8-12-9-17-10-18(12)6-5-13-3-4-14(15)19-13/h3-4,9-11,16H,5-8H2,1-2H3. The second kappa shape index (κ2) is 7.22. The summed E-state index contributed by atoms with van der Waals surface area (Å²) in [5.41, 5.74) is 1.26. The lowest BCUT2D eigenvalue weighted by atomic mass is 10.2. The lowest BCUT2D eigenvalue weighted by Crippen LogP contribution is -2.21. The van der Waals surface area contributed by atoms with E-state index in [1.54, 1.807) is 11.3 Å². The number of thiophene rings is 1. The van der Waals surface area contributed by atoms with Crippen LogP contribution < -0.4 is 5.32 Å². The summed E-state index contributed by atoms with van der Waals surface area (Å²) in [5.74, 6) is 0.680. The molecule has 0 aliphatic heterocycles. The third kappa shape index (κ3) is 4.75. The number of aromatic nitrogens is 2. The van der Waals surface area contributed by atoms with Crippen molar-refractivity contribution in [3.63, 3.8) is 0 Å². The van der Waals surface area contributed by atoms with Gasteiger partial charge in [0.05, 0.1) is 15.8 Å². The Kier molecular flexibility index (Phi) is 5.60. The van der Waals surface area contributed by atoms with E-state index in [-0.39, 0.29) is 0 Å². The first-order chi connectivity index (χ1) is 9.15. The average Bonchev–Trinajstić information content (AvgIpc) is 2.95. The predicted molar refractivity (Wildman–Crippen MR) is 84.5 cm³/mol. The van der Waals surface area contributed by atoms with Crippen LogP contribution in [0.5, 0.6) is 0 Å². The van der Waals surface area contributed by atoms with Crippen molar-refractivity contribution in [1.29, 1.82) is 0 Å². The Balaban J connectivity index is 1.85. The maximum Gasteiger partial charge on any atom is 0.0948 e. The van der Waals surface area contributed by atoms with Gasteiger partial charge in [0.1, 0.15) is 0 Å². The minimum Gasteiger partial charge on any atom is -0.333 e. The van der Waals surface area contributed by atoms with Crippen LogP contribution >= 0.6 is 27.3 Å². The van der Waals surface area contributed by atoms with E-state index in [0.717, 1.165) is 26.1 Å². The molecule has 0 unspecified atom stereocenters. The summed E-state index contributed by atoms with van der Waals surface area (Å²) < 4.78 is 3.44. The van der Waals surface area contributed by atoms with E-state index in [1.165, 1.54) is 14.4 Å². The van der Waals surface area contributed by atoms with Crippen LogP contribution in [0.4, 0.5) is 0 Å². The summed E-state index contributed by atoms with van der Waals surface area (Å²) in [6.45, 7) is 7.37. The number of rotatable bonds is 7. The molecule has 2 rings (SSSR count). The smallest absolute Gasteiger partial charge is 0.0948 e. The molecule has 0 radical (unpaired) electrons. The zero-order valence-corrected chi connectivity index (χ0v) is 13.8. The SMILES string of the molecule is CC(C)CNCc1cncn1CCc1ccc(Br)s1. The summed E-state index contributed by atoms with van der Waals surface area (Å²) in [6.07, 6.45) is 4.94. The number of aryl methyl sites for hydroxylation is 2. The number of hydrogen-bond donors (Lipinski definition) is 1. The lowest BCUT2D eigenvalue weighted by molar-refractivity contribution is 0.534. The van der Waals surface area contributed by atoms with Crippen LogP contribution in [0.2, 0.25) is 0 Å². The number of halogens is 1. The Morgan fingerprint density at radius 1 is 1.42 bits per heavy atom. The van der Waals surface area contributed by atoms with Gasteiger partial charge in [0.15, 0.2) is 0 Å². The second-order valence-corrected chi connectivity index (χ2v) is 7.61. The molecule has 2 heterocycles. The highest BCUT2D eigenvalue weighted by Gasteiger charge is 2.04. The number of nitrogens with one attached hydrogen (secondary N) is 1. The van der Waals surface area contributed by atoms with Gasteiger partial charge in [0.25, 0.3) is 0 Å². The van der Waals surface area contributed by atoms with Gasteiger partial charge in [-0.1, -0.05) is 13.8 Å². The fraction of sp³-hybridized carbons (Fsp3) is 0.500. The molecule has 0 saturated heterocycles. The molecule has 0 aliphatic rings. The highest BCUT2D eigenvalue weighted by atomic mass is 79.9. The highest BCUT2D eigenvalue weighted by Crippen LogP contribution is 2.22. The Bertz CT molecular complexity index is 504. The zero-order valence-electron chi connectivity index (χ0n) is 11.4. The first kappa shape index (κ1) is 14.8. The number of imidazole rings is 1. The van der Waals surface area contributed by atoms with Gasteiger partial charge in [-0.3, -0.25) is 0 Å². The topological polar surface area (TPSA) is 29.9 Å². The van der Waals surface area contributed by atoms with Crippen molar-refractivity contribution in [3.05, 3.63) is 39.0 Å². The Morgan fingerprint density at radius 2 is 2.26 bits per heavy atom. The molecule has 0 spiro atoms. The molecular weight excluding hydrogens is 322 g/mol. The van der Waals surface area contributed by atoms with Gasteiger partial charge in [-0.05, 0) is 46.9 Å². The fourth-order valence-corrected chi connectivity index (χ4v) is 3.37. The Labute approximate surface area is 127 Å². The van der Waals surface area contributed by atoms with Gasteiger partial charge in [-0.15, -0.1) is 11.3 Å². The van der Waals surface area contributed by atoms with Crippen LogP contribution in [0.3, 0.4) is 0 Å². The molecule has 0 aliphatic carbocycles. The minimum atomic E-state index is 0.680. The van der Waals surface area contributed by atoms with E-state index < -0.39 is 0 Å². The zero-order chi connectivity index (χ0) is 13.7. The van der Waals surface area contributed by atoms with Crippen molar-refractivity contribution in [3.8, 4) is 0 Å². The van der Waals surface area contributed by atoms with Gasteiger partial charge < -0.3 is 9.88 Å². The van der Waals surface area contributed by atoms with Gasteiger partial charge in [0, 0.05) is 24.2 Å². The molecular formula is C14H20BrN3S. The van der Waals surface area contributed by atoms with Crippen LogP contribution in [0.25, 0.3) is 0 Å². The average molecular weight is 342 g/mol. The van der Waals surface area contributed by atoms with Crippen molar-refractivity contribution in [1.82, 2.24) is 14.9 Å². The minimum absolute atomic E-state index is 0.680. The van der Waals surface area contributed by atoms with E-state index in [9.17, 15) is 0 Å². The molecule has 104 valence electrons. The van der Waals surface area contributed by atoms with Gasteiger partial charge in [0.2, 0.25) is 0 Å². The molecule has 5 heteroatoms. The molecule has 3 nitrogen and oxygen atoms in total. The van der Waals surface area contributed by atoms with Crippen molar-refractivity contribution < 1.29 is 0 Å². The van der Waals surface area contributed by atoms with Crippen molar-refractivity contribution in [2.24, 2.45) is 5.92 Å². The number of nitrogens with zero attached hydrogens (tertiary/aromatic N) is 2. The molecule has 0 amide bonds. The van der Waals surface area contributed by atoms with E-state index >= 15 is 0 Å². The second-order valence-electron chi connectivity index (χ2n) is 5.06. The van der Waals surface area contributed by atoms with E-state index in [2.05, 4.69) is 56.8 Å². The van der Waals surface area contributed by atoms with Crippen molar-refractivity contribution in [2.45, 2.75) is 33.4 Å². The molecule has 0 saturated carbocycles. The van der Waals surface area contributed by atoms with Gasteiger partial charge in [-0.2, -0.15) is 0 Å². The summed E-state index contributed by atoms with van der Waals surface area (Å²) >= 11 is 5.31. The first-order valence-corrected chi connectivity index (χ1v) is 8.20. The van der Waals surface area contributed by atoms with Crippen LogP contribution in [0, 0.1) is 5.92 Å². The molecule has 0 aromatic carbocycles. The summed E-state index contributed by atoms with van der Waals surface area (Å²) in [4.78, 5) is 5.66. The number of hydrogen-bond acceptors (Lipinski definition) is 3. The van der Waals surface area contributed by atoms with Crippen LogP contribution in [0.1, 0.15) is 24.4 Å².